The van der Waals surface area contributed by atoms with Crippen LogP contribution in [-0.2, 0) is 6.42 Å². The molecule has 0 saturated carbocycles. The fourth-order valence-electron chi connectivity index (χ4n) is 6.69. The van der Waals surface area contributed by atoms with Crippen LogP contribution < -0.4 is 27.0 Å². The molecule has 0 heterocycles. The van der Waals surface area contributed by atoms with Gasteiger partial charge in [0.15, 0.2) is 0 Å². The SMILES string of the molecule is CCCCCCCCCCCCCCCCc1ccc(B([O-])[O-])cc1.CCCCCCCCCCCC[NH3+].CCCCCCCCCCCC[NH3+]. The average molecular weight is 717 g/mol. The summed E-state index contributed by atoms with van der Waals surface area (Å²) >= 11 is 0. The van der Waals surface area contributed by atoms with E-state index < -0.39 is 7.12 Å². The van der Waals surface area contributed by atoms with E-state index >= 15 is 0 Å². The summed E-state index contributed by atoms with van der Waals surface area (Å²) in [6, 6.07) is 7.23. The molecule has 0 atom stereocenters. The van der Waals surface area contributed by atoms with E-state index in [0.29, 0.717) is 5.46 Å². The molecule has 4 nitrogen and oxygen atoms in total. The zero-order chi connectivity index (χ0) is 37.7. The molecule has 0 aliphatic rings. The third-order valence-corrected chi connectivity index (χ3v) is 10.3. The summed E-state index contributed by atoms with van der Waals surface area (Å²) < 4.78 is 0. The van der Waals surface area contributed by atoms with Crippen molar-refractivity contribution in [3.05, 3.63) is 29.8 Å². The highest BCUT2D eigenvalue weighted by molar-refractivity contribution is 6.55. The van der Waals surface area contributed by atoms with Crippen LogP contribution in [0, 0.1) is 0 Å². The molecule has 0 radical (unpaired) electrons. The molecule has 0 amide bonds. The summed E-state index contributed by atoms with van der Waals surface area (Å²) in [5, 5.41) is 21.6. The molecule has 6 N–H and O–H groups in total. The fourth-order valence-corrected chi connectivity index (χ4v) is 6.69. The zero-order valence-electron chi connectivity index (χ0n) is 35.3. The Kier molecular flexibility index (Phi) is 48.3. The van der Waals surface area contributed by atoms with Crippen molar-refractivity contribution in [2.24, 2.45) is 0 Å². The zero-order valence-corrected chi connectivity index (χ0v) is 35.3. The molecule has 0 unspecified atom stereocenters. The van der Waals surface area contributed by atoms with E-state index in [1.54, 1.807) is 12.1 Å². The first kappa shape index (κ1) is 52.2. The summed E-state index contributed by atoms with van der Waals surface area (Å²) in [4.78, 5) is 0. The van der Waals surface area contributed by atoms with Gasteiger partial charge in [0.25, 0.3) is 0 Å². The van der Waals surface area contributed by atoms with Crippen molar-refractivity contribution >= 4 is 12.6 Å². The summed E-state index contributed by atoms with van der Waals surface area (Å²) in [5.74, 6) is 0. The number of hydrogen-bond acceptors (Lipinski definition) is 2. The smallest absolute Gasteiger partial charge is 0.0739 e. The lowest BCUT2D eigenvalue weighted by Crippen LogP contribution is -2.55. The van der Waals surface area contributed by atoms with E-state index in [0.717, 1.165) is 19.5 Å². The molecule has 0 fully saturated rings. The van der Waals surface area contributed by atoms with Gasteiger partial charge in [-0.15, -0.1) is 5.46 Å². The Hall–Kier alpha value is -0.875. The van der Waals surface area contributed by atoms with E-state index in [2.05, 4.69) is 32.2 Å². The second kappa shape index (κ2) is 47.1. The van der Waals surface area contributed by atoms with E-state index in [9.17, 15) is 10.0 Å². The minimum atomic E-state index is -1.85. The van der Waals surface area contributed by atoms with Crippen LogP contribution in [0.5, 0.6) is 0 Å². The Balaban J connectivity index is 0. The second-order valence-electron chi connectivity index (χ2n) is 15.5. The Morgan fingerprint density at radius 3 is 0.824 bits per heavy atom. The maximum absolute atomic E-state index is 10.8. The van der Waals surface area contributed by atoms with Gasteiger partial charge in [-0.3, -0.25) is 0 Å². The van der Waals surface area contributed by atoms with Crippen LogP contribution in [0.1, 0.15) is 245 Å². The summed E-state index contributed by atoms with van der Waals surface area (Å²) in [6.07, 6.45) is 48.9. The van der Waals surface area contributed by atoms with E-state index in [-0.39, 0.29) is 0 Å². The molecule has 0 bridgehead atoms. The van der Waals surface area contributed by atoms with Crippen molar-refractivity contribution in [2.45, 2.75) is 245 Å². The van der Waals surface area contributed by atoms with Crippen molar-refractivity contribution in [3.63, 3.8) is 0 Å². The summed E-state index contributed by atoms with van der Waals surface area (Å²) in [7, 11) is -1.85. The van der Waals surface area contributed by atoms with E-state index in [4.69, 9.17) is 0 Å². The van der Waals surface area contributed by atoms with Gasteiger partial charge in [0, 0.05) is 0 Å². The standard InChI is InChI=1S/C22H37BO2.2C12H27N/c1-2-3-4-5-6-7-8-9-10-11-12-13-14-15-16-21-17-19-22(20-18-21)23(24)25;2*1-2-3-4-5-6-7-8-9-10-11-12-13/h17-20H,2-16H2,1H3;2*2-13H2,1H3/q-2;;/p+2. The topological polar surface area (TPSA) is 101 Å². The van der Waals surface area contributed by atoms with Crippen LogP contribution in [0.4, 0.5) is 0 Å². The number of hydrogen-bond donors (Lipinski definition) is 2. The molecule has 0 saturated heterocycles. The molecule has 0 aliphatic carbocycles. The lowest BCUT2D eigenvalue weighted by atomic mass is 9.80. The van der Waals surface area contributed by atoms with Gasteiger partial charge in [0.05, 0.1) is 13.1 Å². The molecule has 1 aromatic rings. The number of aryl methyl sites for hydroxylation is 1. The minimum Gasteiger partial charge on any atom is -0.889 e. The Bertz CT molecular complexity index is 688. The Labute approximate surface area is 321 Å². The first-order valence-corrected chi connectivity index (χ1v) is 23.1. The van der Waals surface area contributed by atoms with Gasteiger partial charge in [-0.1, -0.05) is 238 Å². The molecular formula is C46H93BN2O2. The largest absolute Gasteiger partial charge is 0.889 e. The molecule has 51 heavy (non-hydrogen) atoms. The van der Waals surface area contributed by atoms with Crippen LogP contribution in [0.2, 0.25) is 0 Å². The van der Waals surface area contributed by atoms with Crippen LogP contribution in [-0.4, -0.2) is 20.2 Å². The van der Waals surface area contributed by atoms with E-state index in [1.165, 1.54) is 224 Å². The molecule has 0 aromatic heterocycles. The molecule has 0 aliphatic heterocycles. The molecule has 302 valence electrons. The van der Waals surface area contributed by atoms with Crippen LogP contribution >= 0.6 is 0 Å². The van der Waals surface area contributed by atoms with Gasteiger partial charge >= 0.3 is 0 Å². The van der Waals surface area contributed by atoms with Gasteiger partial charge in [-0.05, 0) is 44.1 Å². The first-order valence-electron chi connectivity index (χ1n) is 23.1. The van der Waals surface area contributed by atoms with Crippen molar-refractivity contribution < 1.29 is 21.5 Å². The summed E-state index contributed by atoms with van der Waals surface area (Å²) in [6.45, 7) is 9.07. The molecule has 5 heteroatoms. The van der Waals surface area contributed by atoms with Gasteiger partial charge in [0.1, 0.15) is 0 Å². The van der Waals surface area contributed by atoms with Crippen molar-refractivity contribution in [1.82, 2.24) is 0 Å². The fraction of sp³-hybridized carbons (Fsp3) is 0.870. The number of quaternary nitrogens is 2. The number of unbranched alkanes of at least 4 members (excludes halogenated alkanes) is 31. The van der Waals surface area contributed by atoms with Gasteiger partial charge < -0.3 is 21.5 Å². The second-order valence-corrected chi connectivity index (χ2v) is 15.5. The Morgan fingerprint density at radius 2 is 0.588 bits per heavy atom. The van der Waals surface area contributed by atoms with Crippen molar-refractivity contribution in [2.75, 3.05) is 13.1 Å². The predicted molar refractivity (Wildman–Crippen MR) is 225 cm³/mol. The molecule has 1 aromatic carbocycles. The highest BCUT2D eigenvalue weighted by Crippen LogP contribution is 2.14. The van der Waals surface area contributed by atoms with Crippen molar-refractivity contribution in [3.8, 4) is 0 Å². The van der Waals surface area contributed by atoms with Crippen LogP contribution in [0.3, 0.4) is 0 Å². The maximum atomic E-state index is 10.8. The van der Waals surface area contributed by atoms with E-state index in [1.807, 2.05) is 12.1 Å². The lowest BCUT2D eigenvalue weighted by molar-refractivity contribution is -0.368. The average Bonchev–Trinajstić information content (AvgIpc) is 3.14. The van der Waals surface area contributed by atoms with Crippen LogP contribution in [0.15, 0.2) is 24.3 Å². The molecule has 0 spiro atoms. The summed E-state index contributed by atoms with van der Waals surface area (Å²) in [5.41, 5.74) is 9.30. The highest BCUT2D eigenvalue weighted by atomic mass is 16.4. The Morgan fingerprint density at radius 1 is 0.353 bits per heavy atom. The molecule has 1 rings (SSSR count). The predicted octanol–water partition coefficient (Wildman–Crippen LogP) is 10.4. The molecular weight excluding hydrogens is 623 g/mol. The van der Waals surface area contributed by atoms with Gasteiger partial charge in [0.2, 0.25) is 0 Å². The monoisotopic (exact) mass is 717 g/mol. The maximum Gasteiger partial charge on any atom is 0.0739 e. The quantitative estimate of drug-likeness (QED) is 0.0533. The first-order chi connectivity index (χ1) is 25.1. The van der Waals surface area contributed by atoms with Gasteiger partial charge in [-0.25, -0.2) is 0 Å². The lowest BCUT2D eigenvalue weighted by Gasteiger charge is -2.26. The third-order valence-electron chi connectivity index (χ3n) is 10.3. The van der Waals surface area contributed by atoms with Crippen LogP contribution in [0.25, 0.3) is 0 Å². The van der Waals surface area contributed by atoms with Gasteiger partial charge in [-0.2, -0.15) is 0 Å². The highest BCUT2D eigenvalue weighted by Gasteiger charge is 1.97. The number of rotatable bonds is 36. The normalized spacial score (nSPS) is 10.8. The van der Waals surface area contributed by atoms with Crippen molar-refractivity contribution in [1.29, 1.82) is 0 Å². The minimum absolute atomic E-state index is 0.352. The number of benzene rings is 1. The third kappa shape index (κ3) is 45.2.